The number of carboxylic acids is 1. The Labute approximate surface area is 121 Å². The van der Waals surface area contributed by atoms with Crippen molar-refractivity contribution < 1.29 is 14.1 Å². The fraction of sp³-hybridized carbons (Fsp3) is 0.333. The lowest BCUT2D eigenvalue weighted by Crippen LogP contribution is -2.44. The molecule has 0 saturated heterocycles. The first-order valence-corrected chi connectivity index (χ1v) is 7.28. The van der Waals surface area contributed by atoms with Gasteiger partial charge in [-0.2, -0.15) is 0 Å². The van der Waals surface area contributed by atoms with Crippen molar-refractivity contribution in [3.05, 3.63) is 48.2 Å². The van der Waals surface area contributed by atoms with Crippen LogP contribution in [-0.2, 0) is 15.8 Å². The van der Waals surface area contributed by atoms with E-state index in [1.165, 1.54) is 0 Å². The Morgan fingerprint density at radius 3 is 2.30 bits per heavy atom. The highest BCUT2D eigenvalue weighted by Gasteiger charge is 2.29. The molecular formula is C15H19NO3S. The number of carboxylic acid groups (broad SMARTS) is 1. The first kappa shape index (κ1) is 16.4. The lowest BCUT2D eigenvalue weighted by atomic mass is 10.0. The molecule has 0 aliphatic carbocycles. The molecule has 108 valence electrons. The van der Waals surface area contributed by atoms with Crippen molar-refractivity contribution in [3.8, 4) is 0 Å². The maximum atomic E-state index is 12.1. The summed E-state index contributed by atoms with van der Waals surface area (Å²) in [6, 6.07) is 7.85. The average molecular weight is 293 g/mol. The Kier molecular flexibility index (Phi) is 5.45. The minimum Gasteiger partial charge on any atom is -0.480 e. The summed E-state index contributed by atoms with van der Waals surface area (Å²) < 4.78 is 14.2. The molecule has 0 radical (unpaired) electrons. The van der Waals surface area contributed by atoms with E-state index in [-0.39, 0.29) is 0 Å². The molecule has 5 heteroatoms. The van der Waals surface area contributed by atoms with Crippen molar-refractivity contribution in [2.24, 2.45) is 0 Å². The van der Waals surface area contributed by atoms with E-state index in [9.17, 15) is 14.1 Å². The van der Waals surface area contributed by atoms with Gasteiger partial charge >= 0.3 is 5.97 Å². The smallest absolute Gasteiger partial charge is 0.326 e. The molecule has 0 aliphatic rings. The molecule has 0 fully saturated rings. The number of aliphatic carboxylic acids is 1. The maximum absolute atomic E-state index is 12.1. The number of carbonyl (C=O) groups is 1. The van der Waals surface area contributed by atoms with Gasteiger partial charge in [-0.25, -0.2) is 8.93 Å². The monoisotopic (exact) mass is 293 g/mol. The summed E-state index contributed by atoms with van der Waals surface area (Å²) in [7, 11) is -1.50. The van der Waals surface area contributed by atoms with Gasteiger partial charge in [-0.1, -0.05) is 36.9 Å². The van der Waals surface area contributed by atoms with E-state index in [0.717, 1.165) is 0 Å². The van der Waals surface area contributed by atoms with Gasteiger partial charge < -0.3 is 5.11 Å². The SMILES string of the molecule is C=C=C(c1ccccc1)[C@H](NS(=O)C(C)(C)C)C(=O)O. The number of rotatable bonds is 5. The van der Waals surface area contributed by atoms with Gasteiger partial charge in [0, 0.05) is 5.57 Å². The van der Waals surface area contributed by atoms with Crippen LogP contribution in [0, 0.1) is 0 Å². The Balaban J connectivity index is 3.11. The second kappa shape index (κ2) is 6.66. The second-order valence-corrected chi connectivity index (χ2v) is 7.22. The van der Waals surface area contributed by atoms with Crippen LogP contribution >= 0.6 is 0 Å². The Morgan fingerprint density at radius 1 is 1.35 bits per heavy atom. The quantitative estimate of drug-likeness (QED) is 0.819. The summed E-state index contributed by atoms with van der Waals surface area (Å²) in [5, 5.41) is 9.37. The lowest BCUT2D eigenvalue weighted by Gasteiger charge is -2.23. The van der Waals surface area contributed by atoms with E-state index in [1.807, 2.05) is 6.07 Å². The summed E-state index contributed by atoms with van der Waals surface area (Å²) in [6.45, 7) is 8.86. The van der Waals surface area contributed by atoms with E-state index in [0.29, 0.717) is 11.1 Å². The molecule has 0 saturated carbocycles. The molecular weight excluding hydrogens is 274 g/mol. The standard InChI is InChI=1S/C15H19NO3S/c1-5-12(11-9-7-6-8-10-11)13(14(17)18)16-20(19)15(2,3)4/h6-10,13,16H,1H2,2-4H3,(H,17,18)/t13-,20?/m0/s1. The normalized spacial score (nSPS) is 14.2. The van der Waals surface area contributed by atoms with E-state index in [2.05, 4.69) is 17.0 Å². The van der Waals surface area contributed by atoms with Crippen LogP contribution in [0.4, 0.5) is 0 Å². The molecule has 0 spiro atoms. The van der Waals surface area contributed by atoms with Crippen molar-refractivity contribution in [3.63, 3.8) is 0 Å². The number of hydrogen-bond acceptors (Lipinski definition) is 2. The van der Waals surface area contributed by atoms with Gasteiger partial charge in [0.2, 0.25) is 0 Å². The van der Waals surface area contributed by atoms with Gasteiger partial charge in [-0.3, -0.25) is 4.79 Å². The molecule has 0 bridgehead atoms. The van der Waals surface area contributed by atoms with Gasteiger partial charge in [0.05, 0.1) is 15.7 Å². The molecule has 0 aromatic heterocycles. The fourth-order valence-electron chi connectivity index (χ4n) is 1.51. The van der Waals surface area contributed by atoms with E-state index < -0.39 is 27.7 Å². The molecule has 0 aliphatic heterocycles. The molecule has 20 heavy (non-hydrogen) atoms. The minimum absolute atomic E-state index is 0.371. The summed E-state index contributed by atoms with van der Waals surface area (Å²) in [4.78, 5) is 11.5. The van der Waals surface area contributed by atoms with Gasteiger partial charge in [0.1, 0.15) is 6.04 Å². The van der Waals surface area contributed by atoms with Gasteiger partial charge in [-0.15, -0.1) is 5.73 Å². The largest absolute Gasteiger partial charge is 0.480 e. The van der Waals surface area contributed by atoms with Crippen molar-refractivity contribution in [1.29, 1.82) is 0 Å². The average Bonchev–Trinajstić information content (AvgIpc) is 2.38. The Hall–Kier alpha value is -1.68. The van der Waals surface area contributed by atoms with Crippen molar-refractivity contribution in [1.82, 2.24) is 4.72 Å². The first-order valence-electron chi connectivity index (χ1n) is 6.13. The highest BCUT2D eigenvalue weighted by atomic mass is 32.2. The molecule has 2 atom stereocenters. The van der Waals surface area contributed by atoms with Crippen molar-refractivity contribution >= 4 is 22.5 Å². The van der Waals surface area contributed by atoms with Gasteiger partial charge in [0.15, 0.2) is 0 Å². The molecule has 1 unspecified atom stereocenters. The molecule has 1 aromatic rings. The zero-order valence-corrected chi connectivity index (χ0v) is 12.7. The van der Waals surface area contributed by atoms with E-state index in [4.69, 9.17) is 0 Å². The highest BCUT2D eigenvalue weighted by Crippen LogP contribution is 2.19. The lowest BCUT2D eigenvalue weighted by molar-refractivity contribution is -0.137. The molecule has 0 heterocycles. The summed E-state index contributed by atoms with van der Waals surface area (Å²) in [5.41, 5.74) is 3.70. The Morgan fingerprint density at radius 2 is 1.90 bits per heavy atom. The number of nitrogens with one attached hydrogen (secondary N) is 1. The van der Waals surface area contributed by atoms with Crippen LogP contribution in [-0.4, -0.2) is 26.1 Å². The zero-order chi connectivity index (χ0) is 15.3. The van der Waals surface area contributed by atoms with Crippen LogP contribution in [0.25, 0.3) is 5.57 Å². The number of hydrogen-bond donors (Lipinski definition) is 2. The summed E-state index contributed by atoms with van der Waals surface area (Å²) in [6.07, 6.45) is 0. The number of benzene rings is 1. The molecule has 0 amide bonds. The van der Waals surface area contributed by atoms with Crippen LogP contribution in [0.3, 0.4) is 0 Å². The third-order valence-electron chi connectivity index (χ3n) is 2.59. The summed E-state index contributed by atoms with van der Waals surface area (Å²) in [5.74, 6) is -1.11. The maximum Gasteiger partial charge on any atom is 0.326 e. The zero-order valence-electron chi connectivity index (χ0n) is 11.8. The van der Waals surface area contributed by atoms with E-state index >= 15 is 0 Å². The van der Waals surface area contributed by atoms with Crippen LogP contribution in [0.2, 0.25) is 0 Å². The Bertz CT molecular complexity index is 554. The molecule has 2 N–H and O–H groups in total. The third kappa shape index (κ3) is 4.17. The molecule has 1 rings (SSSR count). The second-order valence-electron chi connectivity index (χ2n) is 5.23. The van der Waals surface area contributed by atoms with Crippen molar-refractivity contribution in [2.75, 3.05) is 0 Å². The van der Waals surface area contributed by atoms with E-state index in [1.54, 1.807) is 45.0 Å². The predicted octanol–water partition coefficient (Wildman–Crippen LogP) is 2.36. The predicted molar refractivity (Wildman–Crippen MR) is 81.4 cm³/mol. The van der Waals surface area contributed by atoms with Crippen LogP contribution in [0.5, 0.6) is 0 Å². The van der Waals surface area contributed by atoms with Gasteiger partial charge in [-0.05, 0) is 26.3 Å². The summed E-state index contributed by atoms with van der Waals surface area (Å²) >= 11 is 0. The molecule has 1 aromatic carbocycles. The van der Waals surface area contributed by atoms with Crippen LogP contribution in [0.15, 0.2) is 42.6 Å². The minimum atomic E-state index is -1.50. The first-order chi connectivity index (χ1) is 9.27. The van der Waals surface area contributed by atoms with Gasteiger partial charge in [0.25, 0.3) is 0 Å². The highest BCUT2D eigenvalue weighted by molar-refractivity contribution is 7.84. The third-order valence-corrected chi connectivity index (χ3v) is 4.15. The molecule has 4 nitrogen and oxygen atoms in total. The van der Waals surface area contributed by atoms with Crippen LogP contribution < -0.4 is 4.72 Å². The topological polar surface area (TPSA) is 66.4 Å². The van der Waals surface area contributed by atoms with Crippen molar-refractivity contribution in [2.45, 2.75) is 31.6 Å². The van der Waals surface area contributed by atoms with Crippen LogP contribution in [0.1, 0.15) is 26.3 Å². The fourth-order valence-corrected chi connectivity index (χ4v) is 2.29.